The number of hydrogen-bond donors (Lipinski definition) is 1. The van der Waals surface area contributed by atoms with Gasteiger partial charge in [-0.1, -0.05) is 47.0 Å². The molecule has 1 fully saturated rings. The van der Waals surface area contributed by atoms with E-state index in [0.29, 0.717) is 15.2 Å². The number of halogens is 2. The minimum Gasteiger partial charge on any atom is -0.351 e. The van der Waals surface area contributed by atoms with Crippen molar-refractivity contribution >= 4 is 46.2 Å². The third-order valence-corrected chi connectivity index (χ3v) is 6.52. The van der Waals surface area contributed by atoms with E-state index in [4.69, 9.17) is 35.4 Å². The Labute approximate surface area is 202 Å². The molecule has 1 N–H and O–H groups in total. The van der Waals surface area contributed by atoms with Gasteiger partial charge in [0.15, 0.2) is 5.11 Å². The zero-order valence-electron chi connectivity index (χ0n) is 17.2. The molecule has 7 heteroatoms. The van der Waals surface area contributed by atoms with E-state index in [0.717, 1.165) is 22.8 Å². The lowest BCUT2D eigenvalue weighted by atomic mass is 10.0. The molecule has 2 aromatic carbocycles. The zero-order valence-corrected chi connectivity index (χ0v) is 19.6. The van der Waals surface area contributed by atoms with Crippen molar-refractivity contribution in [2.75, 3.05) is 4.90 Å². The van der Waals surface area contributed by atoms with Crippen LogP contribution >= 0.6 is 35.4 Å². The van der Waals surface area contributed by atoms with Crippen LogP contribution in [-0.2, 0) is 0 Å². The van der Waals surface area contributed by atoms with Gasteiger partial charge in [-0.05, 0) is 73.7 Å². The number of aromatic nitrogens is 2. The molecule has 0 radical (unpaired) electrons. The zero-order chi connectivity index (χ0) is 22.2. The highest BCUT2D eigenvalue weighted by Crippen LogP contribution is 2.42. The largest absolute Gasteiger partial charge is 0.351 e. The number of aryl methyl sites for hydroxylation is 1. The third kappa shape index (κ3) is 3.77. The lowest BCUT2D eigenvalue weighted by molar-refractivity contribution is 0.549. The molecule has 0 unspecified atom stereocenters. The Morgan fingerprint density at radius 1 is 0.969 bits per heavy atom. The number of benzene rings is 2. The van der Waals surface area contributed by atoms with Crippen LogP contribution < -0.4 is 10.2 Å². The minimum absolute atomic E-state index is 0.135. The smallest absolute Gasteiger partial charge is 0.174 e. The standard InChI is InChI=1S/C25H20Cl2N4S/c1-16-7-10-18(11-8-16)31-24(23(29-25(31)32)20-5-2-3-13-28-20)22-6-4-14-30(22)21-12-9-17(26)15-19(21)27/h2-15,23-24H,1H3,(H,29,32)/t23-,24+/m1/s1. The van der Waals surface area contributed by atoms with Crippen molar-refractivity contribution < 1.29 is 0 Å². The molecular weight excluding hydrogens is 459 g/mol. The second-order valence-corrected chi connectivity index (χ2v) is 8.96. The Hall–Kier alpha value is -2.86. The quantitative estimate of drug-likeness (QED) is 0.332. The summed E-state index contributed by atoms with van der Waals surface area (Å²) >= 11 is 18.5. The monoisotopic (exact) mass is 478 g/mol. The Balaban J connectivity index is 1.68. The van der Waals surface area contributed by atoms with Crippen LogP contribution in [-0.4, -0.2) is 14.7 Å². The molecule has 0 saturated carbocycles. The fourth-order valence-electron chi connectivity index (χ4n) is 4.17. The Morgan fingerprint density at radius 3 is 2.50 bits per heavy atom. The van der Waals surface area contributed by atoms with Gasteiger partial charge < -0.3 is 14.8 Å². The van der Waals surface area contributed by atoms with E-state index in [-0.39, 0.29) is 12.1 Å². The van der Waals surface area contributed by atoms with Crippen molar-refractivity contribution in [2.24, 2.45) is 0 Å². The average molecular weight is 479 g/mol. The highest BCUT2D eigenvalue weighted by Gasteiger charge is 2.42. The fraction of sp³-hybridized carbons (Fsp3) is 0.120. The van der Waals surface area contributed by atoms with Crippen molar-refractivity contribution in [2.45, 2.75) is 19.0 Å². The van der Waals surface area contributed by atoms with E-state index in [1.165, 1.54) is 5.56 Å². The summed E-state index contributed by atoms with van der Waals surface area (Å²) in [5, 5.41) is 5.34. The van der Waals surface area contributed by atoms with E-state index in [1.807, 2.05) is 42.6 Å². The number of nitrogens with one attached hydrogen (secondary N) is 1. The molecule has 0 amide bonds. The maximum atomic E-state index is 6.58. The van der Waals surface area contributed by atoms with Gasteiger partial charge in [0.05, 0.1) is 22.4 Å². The molecule has 3 heterocycles. The fourth-order valence-corrected chi connectivity index (χ4v) is 5.02. The molecule has 2 aromatic heterocycles. The number of rotatable bonds is 4. The Bertz CT molecular complexity index is 1270. The van der Waals surface area contributed by atoms with Gasteiger partial charge >= 0.3 is 0 Å². The SMILES string of the molecule is Cc1ccc(N2C(=S)N[C@H](c3ccccn3)[C@@H]2c2cccn2-c2ccc(Cl)cc2Cl)cc1. The van der Waals surface area contributed by atoms with Crippen molar-refractivity contribution in [1.29, 1.82) is 0 Å². The number of thiocarbonyl (C=S) groups is 1. The van der Waals surface area contributed by atoms with E-state index >= 15 is 0 Å². The first kappa shape index (κ1) is 21.0. The van der Waals surface area contributed by atoms with Gasteiger partial charge in [0.25, 0.3) is 0 Å². The Kier molecular flexibility index (Phi) is 5.64. The number of hydrogen-bond acceptors (Lipinski definition) is 2. The van der Waals surface area contributed by atoms with E-state index in [1.54, 1.807) is 12.3 Å². The number of nitrogens with zero attached hydrogens (tertiary/aromatic N) is 3. The summed E-state index contributed by atoms with van der Waals surface area (Å²) in [5.74, 6) is 0. The second kappa shape index (κ2) is 8.58. The van der Waals surface area contributed by atoms with Gasteiger partial charge in [-0.25, -0.2) is 0 Å². The molecule has 1 aliphatic rings. The van der Waals surface area contributed by atoms with Crippen LogP contribution in [0.25, 0.3) is 5.69 Å². The molecule has 2 atom stereocenters. The van der Waals surface area contributed by atoms with Crippen molar-refractivity contribution in [3.8, 4) is 5.69 Å². The van der Waals surface area contributed by atoms with Gasteiger partial charge in [-0.15, -0.1) is 0 Å². The van der Waals surface area contributed by atoms with Crippen molar-refractivity contribution in [3.05, 3.63) is 112 Å². The predicted molar refractivity (Wildman–Crippen MR) is 135 cm³/mol. The van der Waals surface area contributed by atoms with Crippen LogP contribution in [0.4, 0.5) is 5.69 Å². The summed E-state index contributed by atoms with van der Waals surface area (Å²) < 4.78 is 2.09. The molecule has 1 aliphatic heterocycles. The summed E-state index contributed by atoms with van der Waals surface area (Å²) in [6.45, 7) is 2.08. The minimum atomic E-state index is -0.137. The van der Waals surface area contributed by atoms with Crippen LogP contribution in [0, 0.1) is 6.92 Å². The van der Waals surface area contributed by atoms with Crippen LogP contribution in [0.5, 0.6) is 0 Å². The van der Waals surface area contributed by atoms with Crippen LogP contribution in [0.2, 0.25) is 10.0 Å². The lowest BCUT2D eigenvalue weighted by Crippen LogP contribution is -2.30. The summed E-state index contributed by atoms with van der Waals surface area (Å²) in [7, 11) is 0. The first-order valence-corrected chi connectivity index (χ1v) is 11.4. The van der Waals surface area contributed by atoms with Gasteiger partial charge in [0, 0.05) is 28.8 Å². The molecular formula is C25H20Cl2N4S. The number of pyridine rings is 1. The maximum absolute atomic E-state index is 6.58. The highest BCUT2D eigenvalue weighted by molar-refractivity contribution is 7.80. The molecule has 32 heavy (non-hydrogen) atoms. The van der Waals surface area contributed by atoms with E-state index < -0.39 is 0 Å². The molecule has 1 saturated heterocycles. The topological polar surface area (TPSA) is 33.1 Å². The normalized spacial score (nSPS) is 18.1. The molecule has 4 aromatic rings. The molecule has 0 aliphatic carbocycles. The van der Waals surface area contributed by atoms with Gasteiger partial charge in [0.2, 0.25) is 0 Å². The summed E-state index contributed by atoms with van der Waals surface area (Å²) in [4.78, 5) is 6.78. The lowest BCUT2D eigenvalue weighted by Gasteiger charge is -2.29. The van der Waals surface area contributed by atoms with Gasteiger partial charge in [0.1, 0.15) is 6.04 Å². The Morgan fingerprint density at radius 2 is 1.78 bits per heavy atom. The van der Waals surface area contributed by atoms with Crippen molar-refractivity contribution in [1.82, 2.24) is 14.9 Å². The number of anilines is 1. The van der Waals surface area contributed by atoms with Gasteiger partial charge in [-0.2, -0.15) is 0 Å². The van der Waals surface area contributed by atoms with Crippen molar-refractivity contribution in [3.63, 3.8) is 0 Å². The molecule has 4 nitrogen and oxygen atoms in total. The molecule has 0 spiro atoms. The van der Waals surface area contributed by atoms with E-state index in [2.05, 4.69) is 57.0 Å². The average Bonchev–Trinajstić information content (AvgIpc) is 3.39. The van der Waals surface area contributed by atoms with Crippen LogP contribution in [0.15, 0.2) is 85.2 Å². The second-order valence-electron chi connectivity index (χ2n) is 7.73. The molecule has 160 valence electrons. The first-order chi connectivity index (χ1) is 15.5. The van der Waals surface area contributed by atoms with Crippen LogP contribution in [0.3, 0.4) is 0 Å². The summed E-state index contributed by atoms with van der Waals surface area (Å²) in [6, 6.07) is 23.7. The van der Waals surface area contributed by atoms with Gasteiger partial charge in [-0.3, -0.25) is 4.98 Å². The molecule has 5 rings (SSSR count). The third-order valence-electron chi connectivity index (χ3n) is 5.66. The van der Waals surface area contributed by atoms with Crippen LogP contribution in [0.1, 0.15) is 29.0 Å². The summed E-state index contributed by atoms with van der Waals surface area (Å²) in [6.07, 6.45) is 3.81. The van der Waals surface area contributed by atoms with E-state index in [9.17, 15) is 0 Å². The summed E-state index contributed by atoms with van der Waals surface area (Å²) in [5.41, 5.74) is 5.03. The maximum Gasteiger partial charge on any atom is 0.174 e. The predicted octanol–water partition coefficient (Wildman–Crippen LogP) is 6.66. The molecule has 0 bridgehead atoms. The highest BCUT2D eigenvalue weighted by atomic mass is 35.5. The first-order valence-electron chi connectivity index (χ1n) is 10.2.